The number of aryl methyl sites for hydroxylation is 1. The fraction of sp³-hybridized carbons (Fsp3) is 0.111. The number of hydrogen-bond acceptors (Lipinski definition) is 7. The molecule has 0 saturated heterocycles. The Bertz CT molecular complexity index is 1080. The van der Waals surface area contributed by atoms with E-state index in [0.29, 0.717) is 17.2 Å². The maximum atomic E-state index is 12.3. The predicted octanol–water partition coefficient (Wildman–Crippen LogP) is 3.01. The van der Waals surface area contributed by atoms with Crippen LogP contribution in [-0.2, 0) is 4.79 Å². The second-order valence-electron chi connectivity index (χ2n) is 5.92. The standard InChI is InChI=1S/C18H15N5O6/c1-12-10-17(21(20-12)13-6-8-14(9-7-13)22(25)26)19-18(24)11-29-16-5-3-2-4-15(16)23(27)28/h2-10H,11H2,1H3,(H,19,24). The molecule has 0 atom stereocenters. The molecule has 0 aliphatic carbocycles. The van der Waals surface area contributed by atoms with Crippen LogP contribution >= 0.6 is 0 Å². The molecule has 2 aromatic carbocycles. The Labute approximate surface area is 163 Å². The maximum absolute atomic E-state index is 12.3. The van der Waals surface area contributed by atoms with Crippen molar-refractivity contribution < 1.29 is 19.4 Å². The lowest BCUT2D eigenvalue weighted by molar-refractivity contribution is -0.385. The molecular weight excluding hydrogens is 382 g/mol. The van der Waals surface area contributed by atoms with Crippen LogP contribution in [0.1, 0.15) is 5.69 Å². The first-order valence-electron chi connectivity index (χ1n) is 8.32. The summed E-state index contributed by atoms with van der Waals surface area (Å²) in [7, 11) is 0. The van der Waals surface area contributed by atoms with Crippen LogP contribution in [-0.4, -0.2) is 32.1 Å². The van der Waals surface area contributed by atoms with E-state index >= 15 is 0 Å². The number of amides is 1. The average molecular weight is 397 g/mol. The molecule has 148 valence electrons. The highest BCUT2D eigenvalue weighted by Crippen LogP contribution is 2.26. The minimum atomic E-state index is -0.597. The van der Waals surface area contributed by atoms with Crippen molar-refractivity contribution in [3.8, 4) is 11.4 Å². The molecule has 0 saturated carbocycles. The molecular formula is C18H15N5O6. The van der Waals surface area contributed by atoms with Gasteiger partial charge in [0.1, 0.15) is 5.82 Å². The first kappa shape index (κ1) is 19.5. The van der Waals surface area contributed by atoms with Gasteiger partial charge in [0, 0.05) is 24.3 Å². The summed E-state index contributed by atoms with van der Waals surface area (Å²) in [4.78, 5) is 32.9. The monoisotopic (exact) mass is 397 g/mol. The number of nitrogens with zero attached hydrogens (tertiary/aromatic N) is 4. The Balaban J connectivity index is 1.73. The molecule has 0 aliphatic rings. The number of nitrogens with one attached hydrogen (secondary N) is 1. The van der Waals surface area contributed by atoms with Crippen LogP contribution in [0.2, 0.25) is 0 Å². The Hall–Kier alpha value is -4.28. The Morgan fingerprint density at radius 1 is 1.10 bits per heavy atom. The van der Waals surface area contributed by atoms with Crippen LogP contribution in [0, 0.1) is 27.2 Å². The number of non-ortho nitro benzene ring substituents is 1. The number of aromatic nitrogens is 2. The van der Waals surface area contributed by atoms with Crippen molar-refractivity contribution in [2.24, 2.45) is 0 Å². The fourth-order valence-electron chi connectivity index (χ4n) is 2.55. The normalized spacial score (nSPS) is 10.4. The van der Waals surface area contributed by atoms with Crippen LogP contribution in [0.3, 0.4) is 0 Å². The molecule has 0 aliphatic heterocycles. The van der Waals surface area contributed by atoms with E-state index in [1.165, 1.54) is 47.1 Å². The van der Waals surface area contributed by atoms with Crippen molar-refractivity contribution in [3.05, 3.63) is 80.5 Å². The van der Waals surface area contributed by atoms with Gasteiger partial charge in [-0.2, -0.15) is 5.10 Å². The van der Waals surface area contributed by atoms with Gasteiger partial charge in [-0.3, -0.25) is 25.0 Å². The SMILES string of the molecule is Cc1cc(NC(=O)COc2ccccc2[N+](=O)[O-])n(-c2ccc([N+](=O)[O-])cc2)n1. The minimum absolute atomic E-state index is 0.0206. The number of hydrogen-bond donors (Lipinski definition) is 1. The highest BCUT2D eigenvalue weighted by molar-refractivity contribution is 5.91. The second kappa shape index (κ2) is 8.17. The predicted molar refractivity (Wildman–Crippen MR) is 102 cm³/mol. The van der Waals surface area contributed by atoms with E-state index < -0.39 is 22.4 Å². The summed E-state index contributed by atoms with van der Waals surface area (Å²) in [6.45, 7) is 1.27. The van der Waals surface area contributed by atoms with Crippen molar-refractivity contribution in [1.29, 1.82) is 0 Å². The number of anilines is 1. The van der Waals surface area contributed by atoms with Gasteiger partial charge in [-0.25, -0.2) is 4.68 Å². The zero-order chi connectivity index (χ0) is 21.0. The van der Waals surface area contributed by atoms with Gasteiger partial charge in [-0.15, -0.1) is 0 Å². The molecule has 1 amide bonds. The summed E-state index contributed by atoms with van der Waals surface area (Å²) in [5.74, 6) is -0.244. The summed E-state index contributed by atoms with van der Waals surface area (Å²) in [5.41, 5.74) is 0.810. The molecule has 0 unspecified atom stereocenters. The lowest BCUT2D eigenvalue weighted by atomic mass is 10.3. The highest BCUT2D eigenvalue weighted by Gasteiger charge is 2.16. The van der Waals surface area contributed by atoms with Gasteiger partial charge in [0.25, 0.3) is 11.6 Å². The molecule has 3 aromatic rings. The van der Waals surface area contributed by atoms with Gasteiger partial charge in [0.2, 0.25) is 0 Å². The number of benzene rings is 2. The minimum Gasteiger partial charge on any atom is -0.477 e. The first-order valence-corrected chi connectivity index (χ1v) is 8.32. The summed E-state index contributed by atoms with van der Waals surface area (Å²) in [5, 5.41) is 28.7. The van der Waals surface area contributed by atoms with Crippen LogP contribution in [0.5, 0.6) is 5.75 Å². The van der Waals surface area contributed by atoms with E-state index in [1.54, 1.807) is 19.1 Å². The molecule has 11 nitrogen and oxygen atoms in total. The number of nitro benzene ring substituents is 2. The summed E-state index contributed by atoms with van der Waals surface area (Å²) >= 11 is 0. The lowest BCUT2D eigenvalue weighted by Crippen LogP contribution is -2.22. The van der Waals surface area contributed by atoms with E-state index in [1.807, 2.05) is 0 Å². The van der Waals surface area contributed by atoms with Crippen molar-refractivity contribution in [2.75, 3.05) is 11.9 Å². The zero-order valence-corrected chi connectivity index (χ0v) is 15.1. The molecule has 1 N–H and O–H groups in total. The van der Waals surface area contributed by atoms with Gasteiger partial charge >= 0.3 is 5.69 Å². The summed E-state index contributed by atoms with van der Waals surface area (Å²) in [6, 6.07) is 13.0. The zero-order valence-electron chi connectivity index (χ0n) is 15.1. The molecule has 1 aromatic heterocycles. The number of carbonyl (C=O) groups is 1. The maximum Gasteiger partial charge on any atom is 0.310 e. The van der Waals surface area contributed by atoms with Gasteiger partial charge in [-0.1, -0.05) is 12.1 Å². The Kier molecular flexibility index (Phi) is 5.49. The smallest absolute Gasteiger partial charge is 0.310 e. The first-order chi connectivity index (χ1) is 13.8. The van der Waals surface area contributed by atoms with E-state index in [-0.39, 0.29) is 17.1 Å². The lowest BCUT2D eigenvalue weighted by Gasteiger charge is -2.10. The van der Waals surface area contributed by atoms with Gasteiger partial charge in [-0.05, 0) is 25.1 Å². The molecule has 1 heterocycles. The Morgan fingerprint density at radius 2 is 1.79 bits per heavy atom. The number of para-hydroxylation sites is 2. The summed E-state index contributed by atoms with van der Waals surface area (Å²) < 4.78 is 6.69. The Morgan fingerprint density at radius 3 is 2.45 bits per heavy atom. The largest absolute Gasteiger partial charge is 0.477 e. The third-order valence-electron chi connectivity index (χ3n) is 3.82. The molecule has 0 radical (unpaired) electrons. The third-order valence-corrected chi connectivity index (χ3v) is 3.82. The van der Waals surface area contributed by atoms with Crippen LogP contribution in [0.4, 0.5) is 17.2 Å². The van der Waals surface area contributed by atoms with E-state index in [0.717, 1.165) is 0 Å². The second-order valence-corrected chi connectivity index (χ2v) is 5.92. The number of carbonyl (C=O) groups excluding carboxylic acids is 1. The quantitative estimate of drug-likeness (QED) is 0.477. The van der Waals surface area contributed by atoms with Gasteiger partial charge in [0.15, 0.2) is 12.4 Å². The average Bonchev–Trinajstić information content (AvgIpc) is 3.06. The van der Waals surface area contributed by atoms with E-state index in [4.69, 9.17) is 4.74 Å². The molecule has 0 spiro atoms. The number of rotatable bonds is 7. The molecule has 29 heavy (non-hydrogen) atoms. The summed E-state index contributed by atoms with van der Waals surface area (Å²) in [6.07, 6.45) is 0. The molecule has 0 bridgehead atoms. The third kappa shape index (κ3) is 4.53. The van der Waals surface area contributed by atoms with E-state index in [2.05, 4.69) is 10.4 Å². The van der Waals surface area contributed by atoms with Gasteiger partial charge < -0.3 is 10.1 Å². The number of ether oxygens (including phenoxy) is 1. The van der Waals surface area contributed by atoms with Crippen molar-refractivity contribution >= 4 is 23.1 Å². The van der Waals surface area contributed by atoms with Crippen molar-refractivity contribution in [3.63, 3.8) is 0 Å². The molecule has 0 fully saturated rings. The van der Waals surface area contributed by atoms with Crippen molar-refractivity contribution in [2.45, 2.75) is 6.92 Å². The van der Waals surface area contributed by atoms with Gasteiger partial charge in [0.05, 0.1) is 21.2 Å². The fourth-order valence-corrected chi connectivity index (χ4v) is 2.55. The molecule has 11 heteroatoms. The van der Waals surface area contributed by atoms with Crippen LogP contribution in [0.25, 0.3) is 5.69 Å². The molecule has 3 rings (SSSR count). The van der Waals surface area contributed by atoms with Crippen LogP contribution in [0.15, 0.2) is 54.6 Å². The van der Waals surface area contributed by atoms with Crippen molar-refractivity contribution in [1.82, 2.24) is 9.78 Å². The van der Waals surface area contributed by atoms with Crippen LogP contribution < -0.4 is 10.1 Å². The number of nitro groups is 2. The topological polar surface area (TPSA) is 142 Å². The highest BCUT2D eigenvalue weighted by atomic mass is 16.6. The van der Waals surface area contributed by atoms with E-state index in [9.17, 15) is 25.0 Å².